The van der Waals surface area contributed by atoms with E-state index in [0.717, 1.165) is 29.8 Å². The molecule has 0 fully saturated rings. The van der Waals surface area contributed by atoms with Crippen molar-refractivity contribution < 1.29 is 9.53 Å². The monoisotopic (exact) mass is 248 g/mol. The Morgan fingerprint density at radius 3 is 2.72 bits per heavy atom. The van der Waals surface area contributed by atoms with Crippen molar-refractivity contribution in [3.8, 4) is 5.75 Å². The van der Waals surface area contributed by atoms with Gasteiger partial charge in [0.25, 0.3) is 0 Å². The lowest BCUT2D eigenvalue weighted by molar-refractivity contribution is -0.117. The second-order valence-corrected chi connectivity index (χ2v) is 4.56. The molecule has 2 N–H and O–H groups in total. The Bertz CT molecular complexity index is 441. The third-order valence-corrected chi connectivity index (χ3v) is 3.48. The van der Waals surface area contributed by atoms with Crippen molar-refractivity contribution in [1.82, 2.24) is 5.32 Å². The van der Waals surface area contributed by atoms with E-state index in [2.05, 4.69) is 24.5 Å². The number of amides is 1. The van der Waals surface area contributed by atoms with Gasteiger partial charge in [0, 0.05) is 23.4 Å². The molecule has 1 heterocycles. The fourth-order valence-electron chi connectivity index (χ4n) is 2.29. The second-order valence-electron chi connectivity index (χ2n) is 4.56. The fraction of sp³-hybridized carbons (Fsp3) is 0.500. The Morgan fingerprint density at radius 1 is 1.39 bits per heavy atom. The van der Waals surface area contributed by atoms with Crippen LogP contribution in [0.1, 0.15) is 38.3 Å². The first-order valence-electron chi connectivity index (χ1n) is 6.44. The zero-order chi connectivity index (χ0) is 13.1. The molecule has 1 aromatic rings. The third-order valence-electron chi connectivity index (χ3n) is 3.48. The highest BCUT2D eigenvalue weighted by Crippen LogP contribution is 2.34. The van der Waals surface area contributed by atoms with Gasteiger partial charge in [0.05, 0.1) is 7.11 Å². The zero-order valence-electron chi connectivity index (χ0n) is 11.1. The highest BCUT2D eigenvalue weighted by Gasteiger charge is 2.31. The standard InChI is InChI=1S/C14H20N2O2/c1-4-9(5-2)15-13-11-7-6-10(18-3)8-12(11)16-14(13)17/h6-9,13,15H,4-5H2,1-3H3,(H,16,17). The molecule has 4 heteroatoms. The van der Waals surface area contributed by atoms with Crippen molar-refractivity contribution >= 4 is 11.6 Å². The number of benzene rings is 1. The van der Waals surface area contributed by atoms with Gasteiger partial charge in [-0.05, 0) is 18.9 Å². The molecular formula is C14H20N2O2. The summed E-state index contributed by atoms with van der Waals surface area (Å²) in [6.07, 6.45) is 2.04. The van der Waals surface area contributed by atoms with Crippen LogP contribution in [0.25, 0.3) is 0 Å². The van der Waals surface area contributed by atoms with E-state index in [1.165, 1.54) is 0 Å². The maximum Gasteiger partial charge on any atom is 0.246 e. The molecule has 0 aromatic heterocycles. The second kappa shape index (κ2) is 5.40. The minimum Gasteiger partial charge on any atom is -0.497 e. The minimum atomic E-state index is -0.240. The van der Waals surface area contributed by atoms with Crippen molar-refractivity contribution in [3.63, 3.8) is 0 Å². The number of hydrogen-bond acceptors (Lipinski definition) is 3. The predicted molar refractivity (Wildman–Crippen MR) is 71.9 cm³/mol. The first kappa shape index (κ1) is 12.9. The molecule has 1 aliphatic heterocycles. The maximum atomic E-state index is 12.0. The summed E-state index contributed by atoms with van der Waals surface area (Å²) in [6, 6.07) is 5.83. The smallest absolute Gasteiger partial charge is 0.246 e. The van der Waals surface area contributed by atoms with Crippen molar-refractivity contribution in [2.45, 2.75) is 38.8 Å². The normalized spacial score (nSPS) is 17.8. The largest absolute Gasteiger partial charge is 0.497 e. The quantitative estimate of drug-likeness (QED) is 0.841. The van der Waals surface area contributed by atoms with Gasteiger partial charge in [-0.15, -0.1) is 0 Å². The van der Waals surface area contributed by atoms with Gasteiger partial charge in [0.15, 0.2) is 0 Å². The first-order valence-corrected chi connectivity index (χ1v) is 6.44. The number of hydrogen-bond donors (Lipinski definition) is 2. The van der Waals surface area contributed by atoms with Gasteiger partial charge in [0.1, 0.15) is 11.8 Å². The molecule has 2 rings (SSSR count). The molecule has 0 saturated heterocycles. The summed E-state index contributed by atoms with van der Waals surface area (Å²) in [5, 5.41) is 6.30. The Morgan fingerprint density at radius 2 is 2.11 bits per heavy atom. The third kappa shape index (κ3) is 2.34. The van der Waals surface area contributed by atoms with E-state index in [1.807, 2.05) is 18.2 Å². The summed E-state index contributed by atoms with van der Waals surface area (Å²) in [7, 11) is 1.62. The number of nitrogens with one attached hydrogen (secondary N) is 2. The zero-order valence-corrected chi connectivity index (χ0v) is 11.1. The van der Waals surface area contributed by atoms with Crippen LogP contribution in [0.15, 0.2) is 18.2 Å². The molecule has 0 aliphatic carbocycles. The fourth-order valence-corrected chi connectivity index (χ4v) is 2.29. The van der Waals surface area contributed by atoms with Crippen LogP contribution in [0.5, 0.6) is 5.75 Å². The van der Waals surface area contributed by atoms with Gasteiger partial charge in [-0.2, -0.15) is 0 Å². The Hall–Kier alpha value is -1.55. The number of rotatable bonds is 5. The molecule has 4 nitrogen and oxygen atoms in total. The number of fused-ring (bicyclic) bond motifs is 1. The molecule has 1 aliphatic rings. The maximum absolute atomic E-state index is 12.0. The van der Waals surface area contributed by atoms with Crippen molar-refractivity contribution in [1.29, 1.82) is 0 Å². The molecule has 1 amide bonds. The number of ether oxygens (including phenoxy) is 1. The van der Waals surface area contributed by atoms with Crippen molar-refractivity contribution in [2.24, 2.45) is 0 Å². The number of carbonyl (C=O) groups is 1. The summed E-state index contributed by atoms with van der Waals surface area (Å²) < 4.78 is 5.16. The van der Waals surface area contributed by atoms with Crippen LogP contribution >= 0.6 is 0 Å². The summed E-state index contributed by atoms with van der Waals surface area (Å²) >= 11 is 0. The van der Waals surface area contributed by atoms with Crippen LogP contribution in [0.2, 0.25) is 0 Å². The van der Waals surface area contributed by atoms with E-state index in [4.69, 9.17) is 4.74 Å². The molecular weight excluding hydrogens is 228 g/mol. The SMILES string of the molecule is CCC(CC)NC1C(=O)Nc2cc(OC)ccc21. The first-order chi connectivity index (χ1) is 8.69. The van der Waals surface area contributed by atoms with E-state index in [9.17, 15) is 4.79 Å². The lowest BCUT2D eigenvalue weighted by Gasteiger charge is -2.19. The average molecular weight is 248 g/mol. The van der Waals surface area contributed by atoms with Gasteiger partial charge in [0.2, 0.25) is 5.91 Å². The number of anilines is 1. The number of carbonyl (C=O) groups excluding carboxylic acids is 1. The molecule has 18 heavy (non-hydrogen) atoms. The highest BCUT2D eigenvalue weighted by atomic mass is 16.5. The lowest BCUT2D eigenvalue weighted by Crippen LogP contribution is -2.35. The molecule has 0 spiro atoms. The van der Waals surface area contributed by atoms with Crippen molar-refractivity contribution in [3.05, 3.63) is 23.8 Å². The highest BCUT2D eigenvalue weighted by molar-refractivity contribution is 6.02. The van der Waals surface area contributed by atoms with Crippen LogP contribution in [0.3, 0.4) is 0 Å². The van der Waals surface area contributed by atoms with Crippen LogP contribution in [-0.4, -0.2) is 19.1 Å². The summed E-state index contributed by atoms with van der Waals surface area (Å²) in [5.41, 5.74) is 1.86. The minimum absolute atomic E-state index is 0.0187. The van der Waals surface area contributed by atoms with Gasteiger partial charge >= 0.3 is 0 Å². The Labute approximate surface area is 108 Å². The van der Waals surface area contributed by atoms with E-state index >= 15 is 0 Å². The Balaban J connectivity index is 2.22. The van der Waals surface area contributed by atoms with Crippen LogP contribution < -0.4 is 15.4 Å². The number of methoxy groups -OCH3 is 1. The van der Waals surface area contributed by atoms with Gasteiger partial charge in [-0.1, -0.05) is 19.9 Å². The van der Waals surface area contributed by atoms with E-state index < -0.39 is 0 Å². The Kier molecular flexibility index (Phi) is 3.87. The van der Waals surface area contributed by atoms with Gasteiger partial charge in [-0.3, -0.25) is 10.1 Å². The molecule has 98 valence electrons. The lowest BCUT2D eigenvalue weighted by atomic mass is 10.1. The molecule has 0 bridgehead atoms. The predicted octanol–water partition coefficient (Wildman–Crippen LogP) is 2.47. The van der Waals surface area contributed by atoms with E-state index in [-0.39, 0.29) is 11.9 Å². The molecule has 0 radical (unpaired) electrons. The summed E-state index contributed by atoms with van der Waals surface area (Å²) in [6.45, 7) is 4.26. The molecule has 1 aromatic carbocycles. The van der Waals surface area contributed by atoms with Crippen LogP contribution in [0, 0.1) is 0 Å². The van der Waals surface area contributed by atoms with E-state index in [0.29, 0.717) is 6.04 Å². The molecule has 1 atom stereocenters. The topological polar surface area (TPSA) is 50.4 Å². The van der Waals surface area contributed by atoms with E-state index in [1.54, 1.807) is 7.11 Å². The average Bonchev–Trinajstić information content (AvgIpc) is 2.70. The molecule has 1 unspecified atom stereocenters. The van der Waals surface area contributed by atoms with Gasteiger partial charge < -0.3 is 10.1 Å². The summed E-state index contributed by atoms with van der Waals surface area (Å²) in [5.74, 6) is 0.780. The van der Waals surface area contributed by atoms with Gasteiger partial charge in [-0.25, -0.2) is 0 Å². The van der Waals surface area contributed by atoms with Crippen LogP contribution in [-0.2, 0) is 4.79 Å². The van der Waals surface area contributed by atoms with Crippen LogP contribution in [0.4, 0.5) is 5.69 Å². The van der Waals surface area contributed by atoms with Crippen molar-refractivity contribution in [2.75, 3.05) is 12.4 Å². The summed E-state index contributed by atoms with van der Waals surface area (Å²) in [4.78, 5) is 12.0. The molecule has 0 saturated carbocycles.